The van der Waals surface area contributed by atoms with Gasteiger partial charge in [-0.1, -0.05) is 71.9 Å². The lowest BCUT2D eigenvalue weighted by Gasteiger charge is -2.36. The van der Waals surface area contributed by atoms with Gasteiger partial charge in [0.25, 0.3) is 10.0 Å². The van der Waals surface area contributed by atoms with Crippen molar-refractivity contribution < 1.29 is 8.42 Å². The van der Waals surface area contributed by atoms with Gasteiger partial charge in [-0.2, -0.15) is 8.42 Å². The Kier molecular flexibility index (Phi) is 5.10. The number of benzene rings is 2. The van der Waals surface area contributed by atoms with E-state index in [1.807, 2.05) is 25.1 Å². The molecule has 0 bridgehead atoms. The van der Waals surface area contributed by atoms with Gasteiger partial charge >= 0.3 is 0 Å². The number of rotatable bonds is 4. The van der Waals surface area contributed by atoms with Crippen LogP contribution in [0, 0.1) is 12.8 Å². The van der Waals surface area contributed by atoms with Crippen LogP contribution >= 0.6 is 11.8 Å². The molecule has 27 heavy (non-hydrogen) atoms. The van der Waals surface area contributed by atoms with Crippen LogP contribution < -0.4 is 0 Å². The van der Waals surface area contributed by atoms with Gasteiger partial charge < -0.3 is 4.90 Å². The fraction of sp³-hybridized carbons (Fsp3) is 0.286. The zero-order valence-corrected chi connectivity index (χ0v) is 16.8. The molecule has 140 valence electrons. The van der Waals surface area contributed by atoms with Gasteiger partial charge in [-0.15, -0.1) is 4.40 Å². The molecule has 2 aromatic carbocycles. The fourth-order valence-electron chi connectivity index (χ4n) is 3.43. The SMILES string of the molecule is Cc1ccc(S(=O)(=O)/N=C2/S[C@H]3C=CC[C@H]3CN2Cc2ccccc2)cc1. The summed E-state index contributed by atoms with van der Waals surface area (Å²) in [7, 11) is -3.73. The van der Waals surface area contributed by atoms with Crippen molar-refractivity contribution in [1.82, 2.24) is 4.90 Å². The Morgan fingerprint density at radius 2 is 1.85 bits per heavy atom. The van der Waals surface area contributed by atoms with Crippen LogP contribution in [-0.2, 0) is 16.6 Å². The van der Waals surface area contributed by atoms with Crippen molar-refractivity contribution in [2.24, 2.45) is 10.3 Å². The molecule has 2 aromatic rings. The Morgan fingerprint density at radius 1 is 1.11 bits per heavy atom. The Bertz CT molecular complexity index is 967. The van der Waals surface area contributed by atoms with Crippen LogP contribution in [0.25, 0.3) is 0 Å². The minimum absolute atomic E-state index is 0.241. The molecule has 1 aliphatic carbocycles. The van der Waals surface area contributed by atoms with E-state index in [0.29, 0.717) is 22.9 Å². The van der Waals surface area contributed by atoms with Crippen LogP contribution in [0.2, 0.25) is 0 Å². The molecule has 0 amide bonds. The monoisotopic (exact) mass is 398 g/mol. The summed E-state index contributed by atoms with van der Waals surface area (Å²) in [4.78, 5) is 2.35. The standard InChI is InChI=1S/C21H22N2O2S2/c1-16-10-12-19(13-11-16)27(24,25)22-21-23(14-17-6-3-2-4-7-17)15-18-8-5-9-20(18)26-21/h2-7,9-13,18,20H,8,14-15H2,1H3/b22-21+/t18-,20-/m0/s1. The van der Waals surface area contributed by atoms with Gasteiger partial charge in [0.2, 0.25) is 0 Å². The van der Waals surface area contributed by atoms with E-state index in [2.05, 4.69) is 33.6 Å². The maximum Gasteiger partial charge on any atom is 0.284 e. The minimum atomic E-state index is -3.73. The number of nitrogens with zero attached hydrogens (tertiary/aromatic N) is 2. The smallest absolute Gasteiger partial charge is 0.284 e. The van der Waals surface area contributed by atoms with Crippen LogP contribution in [-0.4, -0.2) is 30.3 Å². The van der Waals surface area contributed by atoms with Gasteiger partial charge in [0.05, 0.1) is 4.90 Å². The first-order valence-corrected chi connectivity index (χ1v) is 11.4. The highest BCUT2D eigenvalue weighted by molar-refractivity contribution is 8.15. The molecule has 1 fully saturated rings. The average Bonchev–Trinajstić information content (AvgIpc) is 3.10. The molecule has 1 aliphatic heterocycles. The summed E-state index contributed by atoms with van der Waals surface area (Å²) in [5.41, 5.74) is 2.18. The summed E-state index contributed by atoms with van der Waals surface area (Å²) < 4.78 is 30.0. The number of sulfonamides is 1. The maximum absolute atomic E-state index is 12.9. The summed E-state index contributed by atoms with van der Waals surface area (Å²) in [6, 6.07) is 17.0. The normalized spacial score (nSPS) is 23.6. The molecule has 0 saturated carbocycles. The van der Waals surface area contributed by atoms with E-state index in [-0.39, 0.29) is 4.90 Å². The van der Waals surface area contributed by atoms with Crippen LogP contribution in [0.5, 0.6) is 0 Å². The van der Waals surface area contributed by atoms with Gasteiger partial charge in [-0.05, 0) is 37.0 Å². The minimum Gasteiger partial charge on any atom is -0.346 e. The summed E-state index contributed by atoms with van der Waals surface area (Å²) in [5, 5.41) is 0.899. The third-order valence-corrected chi connectivity index (χ3v) is 7.70. The van der Waals surface area contributed by atoms with E-state index >= 15 is 0 Å². The molecular weight excluding hydrogens is 376 g/mol. The second kappa shape index (κ2) is 7.52. The maximum atomic E-state index is 12.9. The number of allylic oxidation sites excluding steroid dienone is 1. The lowest BCUT2D eigenvalue weighted by Crippen LogP contribution is -2.41. The predicted molar refractivity (Wildman–Crippen MR) is 111 cm³/mol. The number of thioether (sulfide) groups is 1. The summed E-state index contributed by atoms with van der Waals surface area (Å²) >= 11 is 1.56. The van der Waals surface area contributed by atoms with Crippen molar-refractivity contribution in [2.45, 2.75) is 30.0 Å². The third-order valence-electron chi connectivity index (χ3n) is 4.93. The summed E-state index contributed by atoms with van der Waals surface area (Å²) in [6.07, 6.45) is 5.42. The van der Waals surface area contributed by atoms with E-state index in [4.69, 9.17) is 0 Å². The molecule has 0 aromatic heterocycles. The zero-order chi connectivity index (χ0) is 18.9. The highest BCUT2D eigenvalue weighted by Gasteiger charge is 2.35. The van der Waals surface area contributed by atoms with E-state index in [1.165, 1.54) is 0 Å². The molecular formula is C21H22N2O2S2. The molecule has 1 heterocycles. The predicted octanol–water partition coefficient (Wildman–Crippen LogP) is 4.23. The topological polar surface area (TPSA) is 49.7 Å². The molecule has 4 nitrogen and oxygen atoms in total. The summed E-state index contributed by atoms with van der Waals surface area (Å²) in [6.45, 7) is 3.43. The van der Waals surface area contributed by atoms with Crippen molar-refractivity contribution in [3.8, 4) is 0 Å². The van der Waals surface area contributed by atoms with Crippen LogP contribution in [0.15, 0.2) is 76.0 Å². The van der Waals surface area contributed by atoms with Gasteiger partial charge in [-0.3, -0.25) is 0 Å². The van der Waals surface area contributed by atoms with E-state index < -0.39 is 10.0 Å². The number of aryl methyl sites for hydroxylation is 1. The van der Waals surface area contributed by atoms with Crippen molar-refractivity contribution >= 4 is 27.0 Å². The average molecular weight is 399 g/mol. The van der Waals surface area contributed by atoms with E-state index in [1.54, 1.807) is 36.0 Å². The van der Waals surface area contributed by atoms with E-state index in [9.17, 15) is 8.42 Å². The first kappa shape index (κ1) is 18.3. The molecule has 2 atom stereocenters. The Hall–Kier alpha value is -2.05. The fourth-order valence-corrected chi connectivity index (χ4v) is 5.92. The zero-order valence-electron chi connectivity index (χ0n) is 15.2. The first-order chi connectivity index (χ1) is 13.0. The molecule has 0 N–H and O–H groups in total. The number of hydrogen-bond acceptors (Lipinski definition) is 3. The van der Waals surface area contributed by atoms with Crippen molar-refractivity contribution in [3.05, 3.63) is 77.9 Å². The van der Waals surface area contributed by atoms with Crippen molar-refractivity contribution in [3.63, 3.8) is 0 Å². The lowest BCUT2D eigenvalue weighted by atomic mass is 10.1. The highest BCUT2D eigenvalue weighted by Crippen LogP contribution is 2.38. The lowest BCUT2D eigenvalue weighted by molar-refractivity contribution is 0.342. The summed E-state index contributed by atoms with van der Waals surface area (Å²) in [5.74, 6) is 0.514. The first-order valence-electron chi connectivity index (χ1n) is 9.05. The van der Waals surface area contributed by atoms with E-state index in [0.717, 1.165) is 24.1 Å². The van der Waals surface area contributed by atoms with Gasteiger partial charge in [0.1, 0.15) is 0 Å². The number of fused-ring (bicyclic) bond motifs is 1. The number of amidine groups is 1. The van der Waals surface area contributed by atoms with Gasteiger partial charge in [0, 0.05) is 18.3 Å². The van der Waals surface area contributed by atoms with Crippen LogP contribution in [0.4, 0.5) is 0 Å². The second-order valence-electron chi connectivity index (χ2n) is 7.03. The largest absolute Gasteiger partial charge is 0.346 e. The highest BCUT2D eigenvalue weighted by atomic mass is 32.2. The van der Waals surface area contributed by atoms with Crippen LogP contribution in [0.3, 0.4) is 0 Å². The quantitative estimate of drug-likeness (QED) is 0.723. The molecule has 0 unspecified atom stereocenters. The molecule has 6 heteroatoms. The van der Waals surface area contributed by atoms with Gasteiger partial charge in [0.15, 0.2) is 5.17 Å². The molecule has 0 radical (unpaired) electrons. The molecule has 4 rings (SSSR count). The molecule has 2 aliphatic rings. The Labute approximate surface area is 165 Å². The Morgan fingerprint density at radius 3 is 2.59 bits per heavy atom. The van der Waals surface area contributed by atoms with Gasteiger partial charge in [-0.25, -0.2) is 0 Å². The van der Waals surface area contributed by atoms with Crippen molar-refractivity contribution in [1.29, 1.82) is 0 Å². The molecule has 0 spiro atoms. The van der Waals surface area contributed by atoms with Crippen LogP contribution in [0.1, 0.15) is 17.5 Å². The Balaban J connectivity index is 1.66. The van der Waals surface area contributed by atoms with Crippen molar-refractivity contribution in [2.75, 3.05) is 6.54 Å². The second-order valence-corrected chi connectivity index (χ2v) is 9.78. The third kappa shape index (κ3) is 4.12. The molecule has 1 saturated heterocycles. The number of hydrogen-bond donors (Lipinski definition) is 0.